The van der Waals surface area contributed by atoms with Crippen LogP contribution in [0.1, 0.15) is 37.0 Å². The highest BCUT2D eigenvalue weighted by atomic mass is 35.5. The third-order valence-corrected chi connectivity index (χ3v) is 3.39. The molecule has 0 spiro atoms. The van der Waals surface area contributed by atoms with E-state index < -0.39 is 5.97 Å². The van der Waals surface area contributed by atoms with Crippen LogP contribution in [0.3, 0.4) is 0 Å². The lowest BCUT2D eigenvalue weighted by Gasteiger charge is -2.29. The van der Waals surface area contributed by atoms with Gasteiger partial charge < -0.3 is 10.0 Å². The molecule has 94 valence electrons. The largest absolute Gasteiger partial charge is 0.478 e. The lowest BCUT2D eigenvalue weighted by Crippen LogP contribution is -2.31. The summed E-state index contributed by atoms with van der Waals surface area (Å²) in [6.07, 6.45) is 1.94. The Balaban J connectivity index is 3.21. The number of nitrogens with zero attached hydrogens (tertiary/aromatic N) is 1. The summed E-state index contributed by atoms with van der Waals surface area (Å²) in [6.45, 7) is 4.19. The number of aromatic carboxylic acids is 1. The molecule has 0 aliphatic heterocycles. The Morgan fingerprint density at radius 3 is 2.47 bits per heavy atom. The van der Waals surface area contributed by atoms with E-state index in [-0.39, 0.29) is 10.6 Å². The summed E-state index contributed by atoms with van der Waals surface area (Å²) in [7, 11) is 1.91. The van der Waals surface area contributed by atoms with E-state index in [0.29, 0.717) is 11.7 Å². The van der Waals surface area contributed by atoms with Crippen molar-refractivity contribution in [2.75, 3.05) is 11.9 Å². The molecular formula is C13H18ClNO2. The molecule has 1 N–H and O–H groups in total. The second-order valence-corrected chi connectivity index (χ2v) is 4.43. The van der Waals surface area contributed by atoms with Crippen LogP contribution in [0.5, 0.6) is 0 Å². The quantitative estimate of drug-likeness (QED) is 0.873. The number of halogens is 1. The second-order valence-electron chi connectivity index (χ2n) is 4.02. The van der Waals surface area contributed by atoms with Crippen molar-refractivity contribution in [1.29, 1.82) is 0 Å². The van der Waals surface area contributed by atoms with Crippen molar-refractivity contribution in [2.24, 2.45) is 0 Å². The first-order valence-electron chi connectivity index (χ1n) is 5.77. The average molecular weight is 256 g/mol. The molecule has 0 amide bonds. The third-order valence-electron chi connectivity index (χ3n) is 3.08. The number of hydrogen-bond acceptors (Lipinski definition) is 2. The van der Waals surface area contributed by atoms with Gasteiger partial charge in [0.25, 0.3) is 0 Å². The van der Waals surface area contributed by atoms with Crippen molar-refractivity contribution >= 4 is 23.3 Å². The highest BCUT2D eigenvalue weighted by molar-refractivity contribution is 6.34. The van der Waals surface area contributed by atoms with Crippen LogP contribution in [0, 0.1) is 0 Å². The minimum Gasteiger partial charge on any atom is -0.478 e. The number of rotatable bonds is 5. The Kier molecular flexibility index (Phi) is 4.82. The maximum absolute atomic E-state index is 11.2. The molecule has 4 heteroatoms. The van der Waals surface area contributed by atoms with E-state index in [2.05, 4.69) is 13.8 Å². The maximum Gasteiger partial charge on any atom is 0.339 e. The Morgan fingerprint density at radius 1 is 1.41 bits per heavy atom. The van der Waals surface area contributed by atoms with Gasteiger partial charge in [-0.1, -0.05) is 31.5 Å². The minimum atomic E-state index is -0.983. The van der Waals surface area contributed by atoms with E-state index >= 15 is 0 Å². The molecule has 0 radical (unpaired) electrons. The highest BCUT2D eigenvalue weighted by Crippen LogP contribution is 2.29. The van der Waals surface area contributed by atoms with Gasteiger partial charge in [0.1, 0.15) is 5.56 Å². The van der Waals surface area contributed by atoms with E-state index in [1.165, 1.54) is 0 Å². The normalized spacial score (nSPS) is 10.6. The fraction of sp³-hybridized carbons (Fsp3) is 0.462. The lowest BCUT2D eigenvalue weighted by atomic mass is 10.1. The van der Waals surface area contributed by atoms with Gasteiger partial charge in [-0.15, -0.1) is 0 Å². The number of carboxylic acid groups (broad SMARTS) is 1. The smallest absolute Gasteiger partial charge is 0.339 e. The molecule has 0 atom stereocenters. The Bertz CT molecular complexity index is 402. The summed E-state index contributed by atoms with van der Waals surface area (Å²) in [6, 6.07) is 5.51. The minimum absolute atomic E-state index is 0.184. The number of hydrogen-bond donors (Lipinski definition) is 1. The molecule has 0 fully saturated rings. The molecule has 0 bridgehead atoms. The molecule has 0 aliphatic carbocycles. The van der Waals surface area contributed by atoms with Crippen molar-refractivity contribution in [1.82, 2.24) is 0 Å². The van der Waals surface area contributed by atoms with Crippen molar-refractivity contribution in [3.05, 3.63) is 28.8 Å². The molecule has 1 aromatic carbocycles. The van der Waals surface area contributed by atoms with Crippen LogP contribution in [0.4, 0.5) is 5.69 Å². The van der Waals surface area contributed by atoms with E-state index in [1.54, 1.807) is 18.2 Å². The number of carboxylic acids is 1. The number of carbonyl (C=O) groups is 1. The zero-order valence-corrected chi connectivity index (χ0v) is 11.2. The van der Waals surface area contributed by atoms with Gasteiger partial charge in [0.05, 0.1) is 10.7 Å². The molecular weight excluding hydrogens is 238 g/mol. The predicted molar refractivity (Wildman–Crippen MR) is 71.2 cm³/mol. The summed E-state index contributed by atoms with van der Waals surface area (Å²) in [5.41, 5.74) is 0.863. The molecule has 17 heavy (non-hydrogen) atoms. The fourth-order valence-electron chi connectivity index (χ4n) is 2.05. The predicted octanol–water partition coefficient (Wildman–Crippen LogP) is 3.66. The second kappa shape index (κ2) is 5.92. The Hall–Kier alpha value is -1.22. The summed E-state index contributed by atoms with van der Waals surface area (Å²) in [5, 5.41) is 9.50. The van der Waals surface area contributed by atoms with Gasteiger partial charge in [-0.2, -0.15) is 0 Å². The average Bonchev–Trinajstić information content (AvgIpc) is 2.29. The van der Waals surface area contributed by atoms with E-state index in [1.807, 2.05) is 11.9 Å². The van der Waals surface area contributed by atoms with Crippen LogP contribution in [0.2, 0.25) is 5.02 Å². The summed E-state index contributed by atoms with van der Waals surface area (Å²) in [4.78, 5) is 13.2. The highest BCUT2D eigenvalue weighted by Gasteiger charge is 2.20. The molecule has 1 aromatic rings. The molecule has 0 saturated carbocycles. The molecule has 0 heterocycles. The van der Waals surface area contributed by atoms with E-state index in [9.17, 15) is 9.90 Å². The zero-order valence-electron chi connectivity index (χ0n) is 10.4. The van der Waals surface area contributed by atoms with Gasteiger partial charge >= 0.3 is 5.97 Å². The van der Waals surface area contributed by atoms with Crippen LogP contribution >= 0.6 is 11.6 Å². The van der Waals surface area contributed by atoms with Gasteiger partial charge in [-0.25, -0.2) is 4.79 Å². The fourth-order valence-corrected chi connectivity index (χ4v) is 2.30. The van der Waals surface area contributed by atoms with Crippen molar-refractivity contribution in [2.45, 2.75) is 32.7 Å². The summed E-state index contributed by atoms with van der Waals surface area (Å²) >= 11 is 5.95. The monoisotopic (exact) mass is 255 g/mol. The maximum atomic E-state index is 11.2. The first-order valence-corrected chi connectivity index (χ1v) is 6.15. The van der Waals surface area contributed by atoms with Crippen molar-refractivity contribution in [3.63, 3.8) is 0 Å². The van der Waals surface area contributed by atoms with Crippen molar-refractivity contribution < 1.29 is 9.90 Å². The first kappa shape index (κ1) is 13.8. The van der Waals surface area contributed by atoms with Crippen LogP contribution < -0.4 is 4.90 Å². The number of benzene rings is 1. The lowest BCUT2D eigenvalue weighted by molar-refractivity contribution is 0.0697. The molecule has 1 rings (SSSR count). The molecule has 0 aliphatic rings. The molecule has 0 unspecified atom stereocenters. The third kappa shape index (κ3) is 2.91. The van der Waals surface area contributed by atoms with Crippen LogP contribution in [-0.4, -0.2) is 24.2 Å². The SMILES string of the molecule is CCC(CC)N(C)c1cccc(Cl)c1C(=O)O. The van der Waals surface area contributed by atoms with Crippen LogP contribution in [-0.2, 0) is 0 Å². The summed E-state index contributed by atoms with van der Waals surface area (Å²) in [5.74, 6) is -0.983. The van der Waals surface area contributed by atoms with Gasteiger partial charge in [-0.3, -0.25) is 0 Å². The van der Waals surface area contributed by atoms with Gasteiger partial charge in [0, 0.05) is 13.1 Å². The van der Waals surface area contributed by atoms with Crippen molar-refractivity contribution in [3.8, 4) is 0 Å². The molecule has 0 aromatic heterocycles. The Labute approximate surface area is 107 Å². The zero-order chi connectivity index (χ0) is 13.0. The van der Waals surface area contributed by atoms with Crippen LogP contribution in [0.25, 0.3) is 0 Å². The number of anilines is 1. The molecule has 3 nitrogen and oxygen atoms in total. The topological polar surface area (TPSA) is 40.5 Å². The Morgan fingerprint density at radius 2 is 2.00 bits per heavy atom. The van der Waals surface area contributed by atoms with Gasteiger partial charge in [0.2, 0.25) is 0 Å². The van der Waals surface area contributed by atoms with E-state index in [4.69, 9.17) is 11.6 Å². The summed E-state index contributed by atoms with van der Waals surface area (Å²) < 4.78 is 0. The van der Waals surface area contributed by atoms with Gasteiger partial charge in [0.15, 0.2) is 0 Å². The van der Waals surface area contributed by atoms with E-state index in [0.717, 1.165) is 12.8 Å². The van der Waals surface area contributed by atoms with Crippen LogP contribution in [0.15, 0.2) is 18.2 Å². The molecule has 0 saturated heterocycles. The first-order chi connectivity index (χ1) is 8.02. The standard InChI is InChI=1S/C13H18ClNO2/c1-4-9(5-2)15(3)11-8-6-7-10(14)12(11)13(16)17/h6-9H,4-5H2,1-3H3,(H,16,17). The van der Waals surface area contributed by atoms with Gasteiger partial charge in [-0.05, 0) is 25.0 Å².